The van der Waals surface area contributed by atoms with Crippen LogP contribution in [0.4, 0.5) is 0 Å². The molecule has 0 radical (unpaired) electrons. The zero-order valence-corrected chi connectivity index (χ0v) is 19.2. The first-order valence-electron chi connectivity index (χ1n) is 11.2. The Kier molecular flexibility index (Phi) is 8.20. The van der Waals surface area contributed by atoms with Crippen LogP contribution in [0.2, 0.25) is 0 Å². The van der Waals surface area contributed by atoms with Crippen LogP contribution in [0.15, 0.2) is 78.9 Å². The maximum absolute atomic E-state index is 13.7. The molecule has 0 aliphatic heterocycles. The van der Waals surface area contributed by atoms with E-state index in [9.17, 15) is 9.59 Å². The minimum absolute atomic E-state index is 0.0465. The van der Waals surface area contributed by atoms with E-state index in [-0.39, 0.29) is 18.2 Å². The molecule has 0 bridgehead atoms. The van der Waals surface area contributed by atoms with Gasteiger partial charge in [-0.2, -0.15) is 0 Å². The van der Waals surface area contributed by atoms with Gasteiger partial charge < -0.3 is 10.2 Å². The molecule has 0 heterocycles. The Morgan fingerprint density at radius 3 is 2.12 bits per heavy atom. The topological polar surface area (TPSA) is 49.4 Å². The molecular weight excluding hydrogens is 396 g/mol. The molecule has 1 unspecified atom stereocenters. The molecule has 0 aliphatic carbocycles. The van der Waals surface area contributed by atoms with E-state index in [0.717, 1.165) is 27.8 Å². The quantitative estimate of drug-likeness (QED) is 0.541. The highest BCUT2D eigenvalue weighted by molar-refractivity contribution is 5.89. The third-order valence-corrected chi connectivity index (χ3v) is 5.66. The normalized spacial score (nSPS) is 11.6. The molecule has 0 fully saturated rings. The number of carbonyl (C=O) groups excluding carboxylic acids is 2. The maximum atomic E-state index is 13.7. The minimum Gasteiger partial charge on any atom is -0.355 e. The summed E-state index contributed by atoms with van der Waals surface area (Å²) in [5.41, 5.74) is 5.24. The van der Waals surface area contributed by atoms with Crippen LogP contribution >= 0.6 is 0 Å². The van der Waals surface area contributed by atoms with Crippen molar-refractivity contribution in [2.75, 3.05) is 6.54 Å². The van der Waals surface area contributed by atoms with E-state index in [1.54, 1.807) is 4.90 Å². The van der Waals surface area contributed by atoms with Gasteiger partial charge in [0.1, 0.15) is 6.04 Å². The van der Waals surface area contributed by atoms with Gasteiger partial charge in [0.15, 0.2) is 0 Å². The zero-order chi connectivity index (χ0) is 22.9. The fourth-order valence-electron chi connectivity index (χ4n) is 3.88. The van der Waals surface area contributed by atoms with Crippen LogP contribution in [0.5, 0.6) is 0 Å². The van der Waals surface area contributed by atoms with Crippen LogP contribution in [0.1, 0.15) is 34.7 Å². The minimum atomic E-state index is -0.588. The summed E-state index contributed by atoms with van der Waals surface area (Å²) >= 11 is 0. The van der Waals surface area contributed by atoms with Gasteiger partial charge in [-0.15, -0.1) is 0 Å². The molecule has 0 aromatic heterocycles. The number of hydrogen-bond donors (Lipinski definition) is 1. The lowest BCUT2D eigenvalue weighted by Gasteiger charge is -2.32. The number of carbonyl (C=O) groups is 2. The predicted molar refractivity (Wildman–Crippen MR) is 129 cm³/mol. The highest BCUT2D eigenvalue weighted by Gasteiger charge is 2.30. The number of hydrogen-bond acceptors (Lipinski definition) is 2. The summed E-state index contributed by atoms with van der Waals surface area (Å²) in [4.78, 5) is 28.6. The molecule has 4 nitrogen and oxygen atoms in total. The van der Waals surface area contributed by atoms with E-state index in [4.69, 9.17) is 0 Å². The second kappa shape index (κ2) is 11.3. The first-order valence-corrected chi connectivity index (χ1v) is 11.2. The highest BCUT2D eigenvalue weighted by atomic mass is 16.2. The van der Waals surface area contributed by atoms with Gasteiger partial charge in [0.2, 0.25) is 11.8 Å². The third-order valence-electron chi connectivity index (χ3n) is 5.66. The van der Waals surface area contributed by atoms with E-state index >= 15 is 0 Å². The molecule has 3 rings (SSSR count). The molecule has 3 aromatic carbocycles. The van der Waals surface area contributed by atoms with Gasteiger partial charge in [-0.25, -0.2) is 0 Å². The molecule has 4 heteroatoms. The lowest BCUT2D eigenvalue weighted by Crippen LogP contribution is -2.51. The van der Waals surface area contributed by atoms with Gasteiger partial charge in [-0.05, 0) is 43.0 Å². The van der Waals surface area contributed by atoms with Crippen LogP contribution < -0.4 is 5.32 Å². The summed E-state index contributed by atoms with van der Waals surface area (Å²) in [6.45, 7) is 6.86. The summed E-state index contributed by atoms with van der Waals surface area (Å²) in [5, 5.41) is 2.94. The standard InChI is InChI=1S/C28H32N2O2/c1-4-29-28(32)26(18-23-11-7-5-8-12-23)30(20-24-13-9-6-10-14-24)27(31)19-25-17-21(2)15-16-22(25)3/h5-17,26H,4,18-20H2,1-3H3,(H,29,32). The van der Waals surface area contributed by atoms with Crippen molar-refractivity contribution in [3.8, 4) is 0 Å². The Balaban J connectivity index is 1.96. The highest BCUT2D eigenvalue weighted by Crippen LogP contribution is 2.18. The third kappa shape index (κ3) is 6.30. The SMILES string of the molecule is CCNC(=O)C(Cc1ccccc1)N(Cc1ccccc1)C(=O)Cc1cc(C)ccc1C. The molecule has 0 saturated carbocycles. The van der Waals surface area contributed by atoms with Crippen molar-refractivity contribution in [2.24, 2.45) is 0 Å². The van der Waals surface area contributed by atoms with Gasteiger partial charge in [-0.3, -0.25) is 9.59 Å². The number of aryl methyl sites for hydroxylation is 2. The van der Waals surface area contributed by atoms with E-state index in [0.29, 0.717) is 19.5 Å². The molecule has 3 aromatic rings. The first-order chi connectivity index (χ1) is 15.5. The Morgan fingerprint density at radius 1 is 0.875 bits per heavy atom. The molecule has 1 atom stereocenters. The Labute approximate surface area is 191 Å². The van der Waals surface area contributed by atoms with Crippen molar-refractivity contribution in [1.82, 2.24) is 10.2 Å². The van der Waals surface area contributed by atoms with Gasteiger partial charge in [-0.1, -0.05) is 84.4 Å². The largest absolute Gasteiger partial charge is 0.355 e. The Hall–Kier alpha value is -3.40. The molecule has 0 aliphatic rings. The van der Waals surface area contributed by atoms with E-state index < -0.39 is 6.04 Å². The Morgan fingerprint density at radius 2 is 1.50 bits per heavy atom. The van der Waals surface area contributed by atoms with Crippen LogP contribution in [-0.4, -0.2) is 29.3 Å². The van der Waals surface area contributed by atoms with Crippen LogP contribution in [-0.2, 0) is 29.0 Å². The van der Waals surface area contributed by atoms with Gasteiger partial charge in [0, 0.05) is 19.5 Å². The molecular formula is C28H32N2O2. The molecule has 2 amide bonds. The second-order valence-corrected chi connectivity index (χ2v) is 8.21. The van der Waals surface area contributed by atoms with Crippen molar-refractivity contribution < 1.29 is 9.59 Å². The van der Waals surface area contributed by atoms with Crippen molar-refractivity contribution in [3.63, 3.8) is 0 Å². The summed E-state index contributed by atoms with van der Waals surface area (Å²) < 4.78 is 0. The Bertz CT molecular complexity index is 1030. The monoisotopic (exact) mass is 428 g/mol. The van der Waals surface area contributed by atoms with Crippen molar-refractivity contribution in [3.05, 3.63) is 107 Å². The first kappa shape index (κ1) is 23.3. The van der Waals surface area contributed by atoms with Crippen molar-refractivity contribution >= 4 is 11.8 Å². The molecule has 0 spiro atoms. The van der Waals surface area contributed by atoms with E-state index in [1.165, 1.54) is 0 Å². The number of amides is 2. The zero-order valence-electron chi connectivity index (χ0n) is 19.2. The van der Waals surface area contributed by atoms with Gasteiger partial charge in [0.25, 0.3) is 0 Å². The molecule has 166 valence electrons. The smallest absolute Gasteiger partial charge is 0.243 e. The lowest BCUT2D eigenvalue weighted by atomic mass is 9.99. The average molecular weight is 429 g/mol. The number of nitrogens with one attached hydrogen (secondary N) is 1. The summed E-state index contributed by atoms with van der Waals surface area (Å²) in [6, 6.07) is 25.3. The van der Waals surface area contributed by atoms with Crippen molar-refractivity contribution in [2.45, 2.75) is 46.2 Å². The number of benzene rings is 3. The number of rotatable bonds is 9. The van der Waals surface area contributed by atoms with E-state index in [1.807, 2.05) is 87.5 Å². The maximum Gasteiger partial charge on any atom is 0.243 e. The molecule has 32 heavy (non-hydrogen) atoms. The molecule has 1 N–H and O–H groups in total. The summed E-state index contributed by atoms with van der Waals surface area (Å²) in [7, 11) is 0. The molecule has 0 saturated heterocycles. The fourth-order valence-corrected chi connectivity index (χ4v) is 3.88. The number of likely N-dealkylation sites (N-methyl/N-ethyl adjacent to an activating group) is 1. The van der Waals surface area contributed by atoms with E-state index in [2.05, 4.69) is 17.4 Å². The van der Waals surface area contributed by atoms with Gasteiger partial charge >= 0.3 is 0 Å². The summed E-state index contributed by atoms with van der Waals surface area (Å²) in [6.07, 6.45) is 0.739. The second-order valence-electron chi connectivity index (χ2n) is 8.21. The summed E-state index contributed by atoms with van der Waals surface area (Å²) in [5.74, 6) is -0.170. The van der Waals surface area contributed by atoms with Crippen LogP contribution in [0.3, 0.4) is 0 Å². The van der Waals surface area contributed by atoms with Gasteiger partial charge in [0.05, 0.1) is 6.42 Å². The average Bonchev–Trinajstić information content (AvgIpc) is 2.80. The van der Waals surface area contributed by atoms with Crippen LogP contribution in [0.25, 0.3) is 0 Å². The predicted octanol–water partition coefficient (Wildman–Crippen LogP) is 4.62. The fraction of sp³-hybridized carbons (Fsp3) is 0.286. The lowest BCUT2D eigenvalue weighted by molar-refractivity contribution is -0.140. The van der Waals surface area contributed by atoms with Crippen LogP contribution in [0, 0.1) is 13.8 Å². The number of nitrogens with zero attached hydrogens (tertiary/aromatic N) is 1. The van der Waals surface area contributed by atoms with Crippen molar-refractivity contribution in [1.29, 1.82) is 0 Å².